The summed E-state index contributed by atoms with van der Waals surface area (Å²) in [4.78, 5) is 32.9. The summed E-state index contributed by atoms with van der Waals surface area (Å²) in [6, 6.07) is 6.72. The number of fused-ring (bicyclic) bond motifs is 1. The monoisotopic (exact) mass is 409 g/mol. The van der Waals surface area contributed by atoms with Crippen LogP contribution in [0.5, 0.6) is 5.88 Å². The van der Waals surface area contributed by atoms with Gasteiger partial charge in [-0.25, -0.2) is 9.97 Å². The molecule has 3 aromatic rings. The fraction of sp³-hybridized carbons (Fsp3) is 0.176. The molecule has 9 heteroatoms. The Balaban J connectivity index is 1.72. The molecule has 0 aliphatic carbocycles. The molecule has 134 valence electrons. The third kappa shape index (κ3) is 4.30. The maximum Gasteiger partial charge on any atom is 0.225 e. The number of nitrogens with zero attached hydrogens (tertiary/aromatic N) is 2. The molecule has 0 fully saturated rings. The van der Waals surface area contributed by atoms with Gasteiger partial charge in [-0.05, 0) is 24.3 Å². The quantitative estimate of drug-likeness (QED) is 0.624. The number of ether oxygens (including phenoxy) is 1. The number of benzene rings is 1. The summed E-state index contributed by atoms with van der Waals surface area (Å²) < 4.78 is 5.57. The van der Waals surface area contributed by atoms with Gasteiger partial charge in [0.2, 0.25) is 17.6 Å². The molecule has 6 nitrogen and oxygen atoms in total. The smallest absolute Gasteiger partial charge is 0.225 e. The number of carbonyl (C=O) groups excluding carboxylic acids is 2. The molecule has 0 saturated heterocycles. The second kappa shape index (κ2) is 7.99. The Kier molecular flexibility index (Phi) is 5.70. The summed E-state index contributed by atoms with van der Waals surface area (Å²) in [6.45, 7) is 1.65. The second-order valence-corrected chi connectivity index (χ2v) is 7.36. The molecule has 0 atom stereocenters. The molecule has 1 N–H and O–H groups in total. The van der Waals surface area contributed by atoms with Crippen LogP contribution in [-0.2, 0) is 11.3 Å². The van der Waals surface area contributed by atoms with Gasteiger partial charge in [0.1, 0.15) is 6.33 Å². The molecule has 0 radical (unpaired) electrons. The average molecular weight is 410 g/mol. The number of amides is 1. The van der Waals surface area contributed by atoms with E-state index in [9.17, 15) is 9.59 Å². The van der Waals surface area contributed by atoms with E-state index in [1.807, 2.05) is 0 Å². The fourth-order valence-corrected chi connectivity index (χ4v) is 3.64. The standard InChI is InChI=1S/C17H13Cl2N3O3S/c1-9(23)20-6-11-2-3-15(26-11)14(24)7-25-17-12-4-10(18)5-13(19)16(12)21-8-22-17/h2-5,8H,6-7H2,1H3,(H,20,23). The molecule has 1 amide bonds. The zero-order valence-corrected chi connectivity index (χ0v) is 15.9. The molecule has 3 rings (SSSR count). The lowest BCUT2D eigenvalue weighted by Crippen LogP contribution is -2.18. The maximum atomic E-state index is 12.3. The van der Waals surface area contributed by atoms with E-state index >= 15 is 0 Å². The maximum absolute atomic E-state index is 12.3. The topological polar surface area (TPSA) is 81.2 Å². The number of hydrogen-bond donors (Lipinski definition) is 1. The van der Waals surface area contributed by atoms with Gasteiger partial charge in [0.05, 0.1) is 27.3 Å². The first-order valence-corrected chi connectivity index (χ1v) is 9.10. The summed E-state index contributed by atoms with van der Waals surface area (Å²) in [5.74, 6) is -0.0747. The molecule has 1 aromatic carbocycles. The van der Waals surface area contributed by atoms with Crippen LogP contribution in [0.15, 0.2) is 30.6 Å². The molecule has 0 aliphatic rings. The highest BCUT2D eigenvalue weighted by molar-refractivity contribution is 7.14. The van der Waals surface area contributed by atoms with Crippen molar-refractivity contribution in [1.82, 2.24) is 15.3 Å². The van der Waals surface area contributed by atoms with E-state index in [1.54, 1.807) is 24.3 Å². The minimum Gasteiger partial charge on any atom is -0.469 e. The van der Waals surface area contributed by atoms with Crippen molar-refractivity contribution in [1.29, 1.82) is 0 Å². The fourth-order valence-electron chi connectivity index (χ4n) is 2.22. The number of ketones is 1. The number of hydrogen-bond acceptors (Lipinski definition) is 6. The highest BCUT2D eigenvalue weighted by atomic mass is 35.5. The van der Waals surface area contributed by atoms with E-state index in [-0.39, 0.29) is 24.2 Å². The first kappa shape index (κ1) is 18.6. The van der Waals surface area contributed by atoms with Crippen LogP contribution in [0.4, 0.5) is 0 Å². The summed E-state index contributed by atoms with van der Waals surface area (Å²) in [7, 11) is 0. The van der Waals surface area contributed by atoms with Crippen molar-refractivity contribution in [2.75, 3.05) is 6.61 Å². The van der Waals surface area contributed by atoms with Gasteiger partial charge in [-0.15, -0.1) is 11.3 Å². The summed E-state index contributed by atoms with van der Waals surface area (Å²) in [5, 5.41) is 4.03. The lowest BCUT2D eigenvalue weighted by atomic mass is 10.2. The van der Waals surface area contributed by atoms with Gasteiger partial charge in [0.15, 0.2) is 6.61 Å². The van der Waals surface area contributed by atoms with Crippen molar-refractivity contribution >= 4 is 57.1 Å². The van der Waals surface area contributed by atoms with Crippen LogP contribution in [0, 0.1) is 0 Å². The minimum atomic E-state index is -0.191. The van der Waals surface area contributed by atoms with Crippen LogP contribution in [0.25, 0.3) is 10.9 Å². The van der Waals surface area contributed by atoms with Crippen LogP contribution in [0.1, 0.15) is 21.5 Å². The number of nitrogens with one attached hydrogen (secondary N) is 1. The third-order valence-electron chi connectivity index (χ3n) is 3.41. The first-order chi connectivity index (χ1) is 12.4. The van der Waals surface area contributed by atoms with E-state index < -0.39 is 0 Å². The van der Waals surface area contributed by atoms with E-state index in [0.29, 0.717) is 32.4 Å². The largest absolute Gasteiger partial charge is 0.469 e. The molecule has 26 heavy (non-hydrogen) atoms. The van der Waals surface area contributed by atoms with Gasteiger partial charge < -0.3 is 10.1 Å². The predicted molar refractivity (Wildman–Crippen MR) is 101 cm³/mol. The molecular formula is C17H13Cl2N3O3S. The minimum absolute atomic E-state index is 0.123. The van der Waals surface area contributed by atoms with E-state index in [1.165, 1.54) is 24.6 Å². The summed E-state index contributed by atoms with van der Waals surface area (Å²) >= 11 is 13.4. The van der Waals surface area contributed by atoms with E-state index in [2.05, 4.69) is 15.3 Å². The highest BCUT2D eigenvalue weighted by Gasteiger charge is 2.14. The molecular weight excluding hydrogens is 397 g/mol. The van der Waals surface area contributed by atoms with Crippen LogP contribution in [0.3, 0.4) is 0 Å². The van der Waals surface area contributed by atoms with Gasteiger partial charge in [-0.1, -0.05) is 23.2 Å². The number of Topliss-reactive ketones (excluding diaryl/α,β-unsaturated/α-hetero) is 1. The van der Waals surface area contributed by atoms with Gasteiger partial charge in [0, 0.05) is 16.8 Å². The normalized spacial score (nSPS) is 10.7. The lowest BCUT2D eigenvalue weighted by molar-refractivity contribution is -0.119. The zero-order valence-electron chi connectivity index (χ0n) is 13.6. The lowest BCUT2D eigenvalue weighted by Gasteiger charge is -2.08. The number of rotatable bonds is 6. The van der Waals surface area contributed by atoms with Crippen molar-refractivity contribution in [2.45, 2.75) is 13.5 Å². The Bertz CT molecular complexity index is 991. The Hall–Kier alpha value is -2.22. The molecule has 0 saturated carbocycles. The second-order valence-electron chi connectivity index (χ2n) is 5.35. The number of aromatic nitrogens is 2. The summed E-state index contributed by atoms with van der Waals surface area (Å²) in [5.41, 5.74) is 0.502. The highest BCUT2D eigenvalue weighted by Crippen LogP contribution is 2.31. The average Bonchev–Trinajstić information content (AvgIpc) is 3.07. The molecule has 0 bridgehead atoms. The van der Waals surface area contributed by atoms with Crippen molar-refractivity contribution in [3.8, 4) is 5.88 Å². The van der Waals surface area contributed by atoms with Crippen LogP contribution in [0.2, 0.25) is 10.0 Å². The number of thiophene rings is 1. The molecule has 0 unspecified atom stereocenters. The molecule has 0 aliphatic heterocycles. The van der Waals surface area contributed by atoms with Crippen molar-refractivity contribution in [2.24, 2.45) is 0 Å². The first-order valence-electron chi connectivity index (χ1n) is 7.53. The van der Waals surface area contributed by atoms with Crippen LogP contribution >= 0.6 is 34.5 Å². The molecule has 0 spiro atoms. The third-order valence-corrected chi connectivity index (χ3v) is 5.04. The van der Waals surface area contributed by atoms with Crippen molar-refractivity contribution in [3.05, 3.63) is 50.4 Å². The van der Waals surface area contributed by atoms with Gasteiger partial charge in [-0.3, -0.25) is 9.59 Å². The Morgan fingerprint density at radius 1 is 1.23 bits per heavy atom. The summed E-state index contributed by atoms with van der Waals surface area (Å²) in [6.07, 6.45) is 1.32. The predicted octanol–water partition coefficient (Wildman–Crippen LogP) is 3.90. The van der Waals surface area contributed by atoms with Gasteiger partial charge in [0.25, 0.3) is 0 Å². The van der Waals surface area contributed by atoms with Gasteiger partial charge >= 0.3 is 0 Å². The molecule has 2 aromatic heterocycles. The number of halogens is 2. The van der Waals surface area contributed by atoms with Crippen LogP contribution in [-0.4, -0.2) is 28.3 Å². The van der Waals surface area contributed by atoms with Crippen molar-refractivity contribution < 1.29 is 14.3 Å². The Morgan fingerprint density at radius 2 is 2.04 bits per heavy atom. The zero-order chi connectivity index (χ0) is 18.7. The van der Waals surface area contributed by atoms with Crippen molar-refractivity contribution in [3.63, 3.8) is 0 Å². The Labute approximate surface area is 163 Å². The van der Waals surface area contributed by atoms with E-state index in [0.717, 1.165) is 4.88 Å². The van der Waals surface area contributed by atoms with Crippen LogP contribution < -0.4 is 10.1 Å². The SMILES string of the molecule is CC(=O)NCc1ccc(C(=O)COc2ncnc3c(Cl)cc(Cl)cc23)s1. The van der Waals surface area contributed by atoms with Gasteiger partial charge in [-0.2, -0.15) is 0 Å². The molecule has 2 heterocycles. The number of carbonyl (C=O) groups is 2. The Morgan fingerprint density at radius 3 is 2.81 bits per heavy atom. The van der Waals surface area contributed by atoms with E-state index in [4.69, 9.17) is 27.9 Å².